The van der Waals surface area contributed by atoms with E-state index < -0.39 is 0 Å². The Labute approximate surface area is 187 Å². The summed E-state index contributed by atoms with van der Waals surface area (Å²) in [6.45, 7) is 2.77. The lowest BCUT2D eigenvalue weighted by molar-refractivity contribution is -0.113. The molecule has 0 aliphatic heterocycles. The molecule has 1 unspecified atom stereocenters. The molecule has 1 aromatic heterocycles. The molecule has 0 aliphatic rings. The molecule has 0 saturated carbocycles. The third-order valence-electron chi connectivity index (χ3n) is 4.84. The quantitative estimate of drug-likeness (QED) is 0.513. The van der Waals surface area contributed by atoms with E-state index in [1.165, 1.54) is 11.8 Å². The van der Waals surface area contributed by atoms with Crippen molar-refractivity contribution in [3.8, 4) is 6.07 Å². The van der Waals surface area contributed by atoms with Crippen LogP contribution in [0.2, 0.25) is 0 Å². The van der Waals surface area contributed by atoms with Crippen molar-refractivity contribution in [3.05, 3.63) is 71.5 Å². The summed E-state index contributed by atoms with van der Waals surface area (Å²) >= 11 is 1.36. The van der Waals surface area contributed by atoms with E-state index in [-0.39, 0.29) is 17.7 Å². The summed E-state index contributed by atoms with van der Waals surface area (Å²) in [5, 5.41) is 21.4. The molecule has 3 aromatic rings. The molecule has 1 heterocycles. The maximum absolute atomic E-state index is 12.5. The van der Waals surface area contributed by atoms with Crippen LogP contribution in [-0.4, -0.2) is 45.4 Å². The Kier molecular flexibility index (Phi) is 7.82. The van der Waals surface area contributed by atoms with Crippen LogP contribution >= 0.6 is 11.8 Å². The van der Waals surface area contributed by atoms with E-state index in [9.17, 15) is 4.79 Å². The molecule has 160 valence electrons. The minimum Gasteiger partial charge on any atom is -0.325 e. The van der Waals surface area contributed by atoms with Crippen molar-refractivity contribution in [2.24, 2.45) is 0 Å². The zero-order valence-corrected chi connectivity index (χ0v) is 18.8. The van der Waals surface area contributed by atoms with Crippen molar-refractivity contribution in [3.63, 3.8) is 0 Å². The number of aromatic nitrogens is 3. The van der Waals surface area contributed by atoms with Crippen LogP contribution in [0.5, 0.6) is 0 Å². The summed E-state index contributed by atoms with van der Waals surface area (Å²) in [5.41, 5.74) is 2.26. The Morgan fingerprint density at radius 2 is 1.97 bits per heavy atom. The predicted octanol–water partition coefficient (Wildman–Crippen LogP) is 3.94. The van der Waals surface area contributed by atoms with Crippen molar-refractivity contribution in [2.45, 2.75) is 31.1 Å². The number of thioether (sulfide) groups is 1. The maximum atomic E-state index is 12.5. The van der Waals surface area contributed by atoms with E-state index in [0.717, 1.165) is 17.8 Å². The molecular weight excluding hydrogens is 408 g/mol. The number of anilines is 1. The molecule has 3 rings (SSSR count). The van der Waals surface area contributed by atoms with E-state index in [0.29, 0.717) is 23.0 Å². The molecule has 0 fully saturated rings. The van der Waals surface area contributed by atoms with E-state index in [1.54, 1.807) is 24.3 Å². The second-order valence-corrected chi connectivity index (χ2v) is 8.27. The monoisotopic (exact) mass is 434 g/mol. The fourth-order valence-electron chi connectivity index (χ4n) is 3.34. The number of amides is 1. The second-order valence-electron chi connectivity index (χ2n) is 7.33. The van der Waals surface area contributed by atoms with E-state index in [4.69, 9.17) is 5.26 Å². The number of rotatable bonds is 9. The first-order valence-electron chi connectivity index (χ1n) is 10.1. The van der Waals surface area contributed by atoms with Gasteiger partial charge in [-0.25, -0.2) is 0 Å². The second kappa shape index (κ2) is 10.8. The molecule has 31 heavy (non-hydrogen) atoms. The highest BCUT2D eigenvalue weighted by Crippen LogP contribution is 2.26. The van der Waals surface area contributed by atoms with Crippen LogP contribution in [0.15, 0.2) is 59.8 Å². The summed E-state index contributed by atoms with van der Waals surface area (Å²) in [5.74, 6) is 0.930. The lowest BCUT2D eigenvalue weighted by atomic mass is 10.2. The molecule has 8 heteroatoms. The Hall–Kier alpha value is -3.15. The average molecular weight is 435 g/mol. The van der Waals surface area contributed by atoms with Crippen molar-refractivity contribution in [2.75, 3.05) is 25.2 Å². The van der Waals surface area contributed by atoms with Crippen LogP contribution in [0.4, 0.5) is 5.69 Å². The van der Waals surface area contributed by atoms with Gasteiger partial charge in [0.1, 0.15) is 0 Å². The third kappa shape index (κ3) is 5.94. The van der Waals surface area contributed by atoms with Gasteiger partial charge in [0.15, 0.2) is 11.0 Å². The topological polar surface area (TPSA) is 86.8 Å². The normalized spacial score (nSPS) is 11.8. The van der Waals surface area contributed by atoms with Gasteiger partial charge in [0.2, 0.25) is 5.91 Å². The van der Waals surface area contributed by atoms with Gasteiger partial charge in [0, 0.05) is 5.69 Å². The summed E-state index contributed by atoms with van der Waals surface area (Å²) in [6, 6.07) is 19.2. The number of hydrogen-bond acceptors (Lipinski definition) is 6. The third-order valence-corrected chi connectivity index (χ3v) is 5.81. The number of benzene rings is 2. The SMILES string of the molecule is CCC(c1nnc(SCC(=O)Nc2cccc(C#N)c2)n1Cc1ccccc1)N(C)C. The summed E-state index contributed by atoms with van der Waals surface area (Å²) in [6.07, 6.45) is 0.903. The lowest BCUT2D eigenvalue weighted by Gasteiger charge is -2.23. The van der Waals surface area contributed by atoms with Gasteiger partial charge in [0.25, 0.3) is 0 Å². The molecule has 7 nitrogen and oxygen atoms in total. The van der Waals surface area contributed by atoms with E-state index >= 15 is 0 Å². The van der Waals surface area contributed by atoms with E-state index in [2.05, 4.69) is 50.1 Å². The van der Waals surface area contributed by atoms with Gasteiger partial charge in [-0.15, -0.1) is 10.2 Å². The van der Waals surface area contributed by atoms with Crippen LogP contribution in [0, 0.1) is 11.3 Å². The zero-order chi connectivity index (χ0) is 22.2. The molecule has 1 amide bonds. The number of nitrogens with zero attached hydrogens (tertiary/aromatic N) is 5. The van der Waals surface area contributed by atoms with Crippen molar-refractivity contribution in [1.29, 1.82) is 5.26 Å². The Morgan fingerprint density at radius 1 is 1.19 bits per heavy atom. The summed E-state index contributed by atoms with van der Waals surface area (Å²) in [7, 11) is 4.07. The molecule has 2 aromatic carbocycles. The Bertz CT molecular complexity index is 1060. The predicted molar refractivity (Wildman–Crippen MR) is 123 cm³/mol. The van der Waals surface area contributed by atoms with Crippen LogP contribution in [-0.2, 0) is 11.3 Å². The number of nitriles is 1. The minimum atomic E-state index is -0.157. The van der Waals surface area contributed by atoms with Crippen LogP contribution < -0.4 is 5.32 Å². The van der Waals surface area contributed by atoms with Gasteiger partial charge >= 0.3 is 0 Å². The van der Waals surface area contributed by atoms with Crippen molar-refractivity contribution >= 4 is 23.4 Å². The number of carbonyl (C=O) groups is 1. The van der Waals surface area contributed by atoms with Crippen LogP contribution in [0.1, 0.15) is 36.3 Å². The van der Waals surface area contributed by atoms with Gasteiger partial charge in [0.05, 0.1) is 30.0 Å². The van der Waals surface area contributed by atoms with Gasteiger partial charge < -0.3 is 9.88 Å². The fraction of sp³-hybridized carbons (Fsp3) is 0.304. The van der Waals surface area contributed by atoms with Gasteiger partial charge in [-0.1, -0.05) is 55.1 Å². The van der Waals surface area contributed by atoms with Crippen molar-refractivity contribution < 1.29 is 4.79 Å². The minimum absolute atomic E-state index is 0.133. The standard InChI is InChI=1S/C23H26N6OS/c1-4-20(28(2)3)22-26-27-23(29(22)15-17-9-6-5-7-10-17)31-16-21(30)25-19-12-8-11-18(13-19)14-24/h5-13,20H,4,15-16H2,1-3H3,(H,25,30). The van der Waals surface area contributed by atoms with Crippen LogP contribution in [0.25, 0.3) is 0 Å². The lowest BCUT2D eigenvalue weighted by Crippen LogP contribution is -2.23. The molecule has 1 atom stereocenters. The number of nitrogens with one attached hydrogen (secondary N) is 1. The van der Waals surface area contributed by atoms with Gasteiger partial charge in [-0.05, 0) is 44.3 Å². The number of hydrogen-bond donors (Lipinski definition) is 1. The fourth-order valence-corrected chi connectivity index (χ4v) is 4.09. The first kappa shape index (κ1) is 22.5. The molecular formula is C23H26N6OS. The highest BCUT2D eigenvalue weighted by molar-refractivity contribution is 7.99. The Morgan fingerprint density at radius 3 is 2.65 bits per heavy atom. The number of carbonyl (C=O) groups excluding carboxylic acids is 1. The molecule has 0 radical (unpaired) electrons. The molecule has 0 aliphatic carbocycles. The molecule has 1 N–H and O–H groups in total. The highest BCUT2D eigenvalue weighted by Gasteiger charge is 2.22. The largest absolute Gasteiger partial charge is 0.325 e. The Balaban J connectivity index is 1.77. The van der Waals surface area contributed by atoms with E-state index in [1.807, 2.05) is 32.3 Å². The van der Waals surface area contributed by atoms with Crippen molar-refractivity contribution in [1.82, 2.24) is 19.7 Å². The summed E-state index contributed by atoms with van der Waals surface area (Å²) in [4.78, 5) is 14.6. The van der Waals surface area contributed by atoms with Gasteiger partial charge in [-0.2, -0.15) is 5.26 Å². The first-order chi connectivity index (χ1) is 15.0. The van der Waals surface area contributed by atoms with Crippen LogP contribution in [0.3, 0.4) is 0 Å². The smallest absolute Gasteiger partial charge is 0.234 e. The highest BCUT2D eigenvalue weighted by atomic mass is 32.2. The molecule has 0 saturated heterocycles. The molecule has 0 spiro atoms. The maximum Gasteiger partial charge on any atom is 0.234 e. The molecule has 0 bridgehead atoms. The average Bonchev–Trinajstić information content (AvgIpc) is 3.15. The van der Waals surface area contributed by atoms with Gasteiger partial charge in [-0.3, -0.25) is 9.69 Å². The summed E-state index contributed by atoms with van der Waals surface area (Å²) < 4.78 is 2.09. The zero-order valence-electron chi connectivity index (χ0n) is 17.9. The first-order valence-corrected chi connectivity index (χ1v) is 11.1.